The third-order valence-corrected chi connectivity index (χ3v) is 4.50. The largest absolute Gasteiger partial charge is 0.489 e. The Morgan fingerprint density at radius 2 is 1.83 bits per heavy atom. The van der Waals surface area contributed by atoms with Gasteiger partial charge in [-0.1, -0.05) is 15.9 Å². The van der Waals surface area contributed by atoms with Crippen molar-refractivity contribution >= 4 is 33.5 Å². The van der Waals surface area contributed by atoms with Crippen LogP contribution in [0.3, 0.4) is 0 Å². The summed E-state index contributed by atoms with van der Waals surface area (Å²) in [5, 5.41) is 12.0. The van der Waals surface area contributed by atoms with E-state index < -0.39 is 5.97 Å². The van der Waals surface area contributed by atoms with Crippen molar-refractivity contribution in [1.29, 1.82) is 0 Å². The molecule has 1 aromatic carbocycles. The number of carbonyl (C=O) groups is 2. The predicted molar refractivity (Wildman–Crippen MR) is 91.6 cm³/mol. The third-order valence-electron chi connectivity index (χ3n) is 4.01. The van der Waals surface area contributed by atoms with Crippen molar-refractivity contribution in [2.75, 3.05) is 5.32 Å². The van der Waals surface area contributed by atoms with E-state index >= 15 is 0 Å². The molecule has 126 valence electrons. The maximum absolute atomic E-state index is 12.5. The van der Waals surface area contributed by atoms with Gasteiger partial charge in [0.15, 0.2) is 0 Å². The smallest absolute Gasteiger partial charge is 0.306 e. The number of carboxylic acid groups (broad SMARTS) is 1. The predicted octanol–water partition coefficient (Wildman–Crippen LogP) is 4.07. The molecule has 0 atom stereocenters. The fourth-order valence-electron chi connectivity index (χ4n) is 2.79. The molecule has 1 saturated carbocycles. The Balaban J connectivity index is 2.03. The molecule has 2 rings (SSSR count). The van der Waals surface area contributed by atoms with Gasteiger partial charge in [-0.2, -0.15) is 0 Å². The molecule has 1 aliphatic carbocycles. The van der Waals surface area contributed by atoms with Gasteiger partial charge in [-0.25, -0.2) is 0 Å². The topological polar surface area (TPSA) is 75.6 Å². The SMILES string of the molecule is CC(C)Oc1ccc(Br)cc1NC(=O)C1CCC(C(=O)O)CC1. The van der Waals surface area contributed by atoms with Crippen molar-refractivity contribution in [1.82, 2.24) is 0 Å². The van der Waals surface area contributed by atoms with Gasteiger partial charge < -0.3 is 15.2 Å². The van der Waals surface area contributed by atoms with Crippen molar-refractivity contribution in [3.05, 3.63) is 22.7 Å². The first-order valence-electron chi connectivity index (χ1n) is 7.86. The van der Waals surface area contributed by atoms with Crippen molar-refractivity contribution < 1.29 is 19.4 Å². The molecular formula is C17H22BrNO4. The van der Waals surface area contributed by atoms with Crippen LogP contribution in [0.15, 0.2) is 22.7 Å². The first kappa shape index (κ1) is 17.8. The van der Waals surface area contributed by atoms with E-state index in [2.05, 4.69) is 21.2 Å². The van der Waals surface area contributed by atoms with E-state index in [1.54, 1.807) is 0 Å². The van der Waals surface area contributed by atoms with Crippen molar-refractivity contribution in [2.45, 2.75) is 45.6 Å². The van der Waals surface area contributed by atoms with Crippen LogP contribution in [0.4, 0.5) is 5.69 Å². The molecule has 0 saturated heterocycles. The molecule has 23 heavy (non-hydrogen) atoms. The summed E-state index contributed by atoms with van der Waals surface area (Å²) in [6.45, 7) is 3.86. The fourth-order valence-corrected chi connectivity index (χ4v) is 3.16. The molecule has 0 heterocycles. The summed E-state index contributed by atoms with van der Waals surface area (Å²) in [6.07, 6.45) is 2.34. The Kier molecular flexibility index (Phi) is 6.04. The number of ether oxygens (including phenoxy) is 1. The Labute approximate surface area is 144 Å². The minimum Gasteiger partial charge on any atom is -0.489 e. The molecule has 0 radical (unpaired) electrons. The molecule has 1 aliphatic rings. The van der Waals surface area contributed by atoms with Crippen molar-refractivity contribution in [2.24, 2.45) is 11.8 Å². The first-order valence-corrected chi connectivity index (χ1v) is 8.66. The van der Waals surface area contributed by atoms with Crippen LogP contribution in [0.5, 0.6) is 5.75 Å². The Hall–Kier alpha value is -1.56. The number of carbonyl (C=O) groups excluding carboxylic acids is 1. The molecule has 0 bridgehead atoms. The second-order valence-electron chi connectivity index (χ2n) is 6.18. The number of benzene rings is 1. The quantitative estimate of drug-likeness (QED) is 0.803. The summed E-state index contributed by atoms with van der Waals surface area (Å²) in [5.74, 6) is -0.652. The molecule has 0 aromatic heterocycles. The molecule has 1 amide bonds. The van der Waals surface area contributed by atoms with Crippen LogP contribution in [-0.2, 0) is 9.59 Å². The zero-order valence-corrected chi connectivity index (χ0v) is 14.9. The lowest BCUT2D eigenvalue weighted by Crippen LogP contribution is -2.29. The highest BCUT2D eigenvalue weighted by Gasteiger charge is 2.30. The van der Waals surface area contributed by atoms with Crippen molar-refractivity contribution in [3.8, 4) is 5.75 Å². The van der Waals surface area contributed by atoms with Gasteiger partial charge in [0.05, 0.1) is 17.7 Å². The minimum atomic E-state index is -0.761. The summed E-state index contributed by atoms with van der Waals surface area (Å²) in [5.41, 5.74) is 0.637. The summed E-state index contributed by atoms with van der Waals surface area (Å²) in [7, 11) is 0. The number of rotatable bonds is 5. The zero-order valence-electron chi connectivity index (χ0n) is 13.3. The summed E-state index contributed by atoms with van der Waals surface area (Å²) in [4.78, 5) is 23.4. The molecule has 0 unspecified atom stereocenters. The summed E-state index contributed by atoms with van der Waals surface area (Å²) >= 11 is 3.40. The average molecular weight is 384 g/mol. The molecule has 2 N–H and O–H groups in total. The van der Waals surface area contributed by atoms with Gasteiger partial charge in [-0.15, -0.1) is 0 Å². The number of aliphatic carboxylic acids is 1. The first-order chi connectivity index (χ1) is 10.9. The lowest BCUT2D eigenvalue weighted by molar-refractivity contribution is -0.143. The van der Waals surface area contributed by atoms with Crippen LogP contribution in [0.1, 0.15) is 39.5 Å². The second-order valence-corrected chi connectivity index (χ2v) is 7.10. The van der Waals surface area contributed by atoms with Gasteiger partial charge in [-0.05, 0) is 57.7 Å². The zero-order chi connectivity index (χ0) is 17.0. The van der Waals surface area contributed by atoms with Gasteiger partial charge in [0, 0.05) is 10.4 Å². The Morgan fingerprint density at radius 3 is 2.39 bits per heavy atom. The molecule has 0 aliphatic heterocycles. The Bertz CT molecular complexity index is 580. The number of hydrogen-bond donors (Lipinski definition) is 2. The maximum atomic E-state index is 12.5. The molecule has 1 fully saturated rings. The van der Waals surface area contributed by atoms with E-state index in [0.29, 0.717) is 37.1 Å². The van der Waals surface area contributed by atoms with E-state index in [9.17, 15) is 9.59 Å². The fraction of sp³-hybridized carbons (Fsp3) is 0.529. The number of anilines is 1. The van der Waals surface area contributed by atoms with E-state index in [4.69, 9.17) is 9.84 Å². The van der Waals surface area contributed by atoms with E-state index in [-0.39, 0.29) is 23.8 Å². The number of hydrogen-bond acceptors (Lipinski definition) is 3. The lowest BCUT2D eigenvalue weighted by Gasteiger charge is -2.25. The van der Waals surface area contributed by atoms with E-state index in [0.717, 1.165) is 4.47 Å². The van der Waals surface area contributed by atoms with Crippen LogP contribution in [0.2, 0.25) is 0 Å². The average Bonchev–Trinajstić information content (AvgIpc) is 2.49. The molecule has 1 aromatic rings. The number of nitrogens with one attached hydrogen (secondary N) is 1. The van der Waals surface area contributed by atoms with E-state index in [1.165, 1.54) is 0 Å². The molecule has 0 spiro atoms. The van der Waals surface area contributed by atoms with Gasteiger partial charge in [0.1, 0.15) is 5.75 Å². The van der Waals surface area contributed by atoms with Crippen LogP contribution in [0.25, 0.3) is 0 Å². The highest BCUT2D eigenvalue weighted by atomic mass is 79.9. The van der Waals surface area contributed by atoms with Crippen LogP contribution in [-0.4, -0.2) is 23.1 Å². The van der Waals surface area contributed by atoms with Gasteiger partial charge in [-0.3, -0.25) is 9.59 Å². The van der Waals surface area contributed by atoms with Crippen molar-refractivity contribution in [3.63, 3.8) is 0 Å². The minimum absolute atomic E-state index is 0.0119. The number of carboxylic acids is 1. The molecular weight excluding hydrogens is 362 g/mol. The summed E-state index contributed by atoms with van der Waals surface area (Å²) < 4.78 is 6.58. The van der Waals surface area contributed by atoms with Crippen LogP contribution >= 0.6 is 15.9 Å². The second kappa shape index (κ2) is 7.81. The highest BCUT2D eigenvalue weighted by molar-refractivity contribution is 9.10. The van der Waals surface area contributed by atoms with E-state index in [1.807, 2.05) is 32.0 Å². The standard InChI is InChI=1S/C17H22BrNO4/c1-10(2)23-15-8-7-13(18)9-14(15)19-16(20)11-3-5-12(6-4-11)17(21)22/h7-12H,3-6H2,1-2H3,(H,19,20)(H,21,22). The highest BCUT2D eigenvalue weighted by Crippen LogP contribution is 2.33. The third kappa shape index (κ3) is 4.96. The number of amides is 1. The van der Waals surface area contributed by atoms with Crippen LogP contribution < -0.4 is 10.1 Å². The lowest BCUT2D eigenvalue weighted by atomic mass is 9.81. The van der Waals surface area contributed by atoms with Gasteiger partial charge >= 0.3 is 5.97 Å². The molecule has 6 heteroatoms. The molecule has 5 nitrogen and oxygen atoms in total. The van der Waals surface area contributed by atoms with Gasteiger partial charge in [0.25, 0.3) is 0 Å². The summed E-state index contributed by atoms with van der Waals surface area (Å²) in [6, 6.07) is 5.50. The Morgan fingerprint density at radius 1 is 1.22 bits per heavy atom. The van der Waals surface area contributed by atoms with Gasteiger partial charge in [0.2, 0.25) is 5.91 Å². The monoisotopic (exact) mass is 383 g/mol. The maximum Gasteiger partial charge on any atom is 0.306 e. The van der Waals surface area contributed by atoms with Crippen LogP contribution in [0, 0.1) is 11.8 Å². The normalized spacial score (nSPS) is 21.0. The number of halogens is 1.